The molecule has 0 aromatic heterocycles. The Labute approximate surface area is 151 Å². The Bertz CT molecular complexity index is 791. The van der Waals surface area contributed by atoms with Gasteiger partial charge in [-0.1, -0.05) is 23.7 Å². The number of aryl methyl sites for hydroxylation is 2. The number of halogens is 1. The van der Waals surface area contributed by atoms with E-state index >= 15 is 0 Å². The number of hydrogen-bond donors (Lipinski definition) is 2. The van der Waals surface area contributed by atoms with Crippen LogP contribution >= 0.6 is 11.6 Å². The molecule has 0 aliphatic heterocycles. The molecule has 0 saturated heterocycles. The van der Waals surface area contributed by atoms with Crippen molar-refractivity contribution in [3.63, 3.8) is 0 Å². The van der Waals surface area contributed by atoms with Crippen LogP contribution in [0.3, 0.4) is 0 Å². The molecule has 0 fully saturated rings. The predicted octanol–water partition coefficient (Wildman–Crippen LogP) is 3.13. The highest BCUT2D eigenvalue weighted by Crippen LogP contribution is 2.27. The van der Waals surface area contributed by atoms with Crippen LogP contribution in [-0.2, 0) is 4.79 Å². The molecule has 7 heteroatoms. The van der Waals surface area contributed by atoms with Gasteiger partial charge in [-0.3, -0.25) is 14.9 Å². The second-order valence-corrected chi connectivity index (χ2v) is 6.48. The Morgan fingerprint density at radius 1 is 1.24 bits per heavy atom. The Morgan fingerprint density at radius 3 is 2.44 bits per heavy atom. The number of carbonyl (C=O) groups is 1. The zero-order valence-corrected chi connectivity index (χ0v) is 15.1. The summed E-state index contributed by atoms with van der Waals surface area (Å²) in [6, 6.07) is 10.6. The van der Waals surface area contributed by atoms with Crippen LogP contribution in [-0.4, -0.2) is 17.4 Å². The summed E-state index contributed by atoms with van der Waals surface area (Å²) < 4.78 is 0. The van der Waals surface area contributed by atoms with E-state index < -0.39 is 4.92 Å². The Balaban J connectivity index is 2.02. The second-order valence-electron chi connectivity index (χ2n) is 6.04. The van der Waals surface area contributed by atoms with Crippen LogP contribution < -0.4 is 10.6 Å². The van der Waals surface area contributed by atoms with Gasteiger partial charge in [0.15, 0.2) is 6.54 Å². The lowest BCUT2D eigenvalue weighted by molar-refractivity contribution is -0.682. The van der Waals surface area contributed by atoms with Gasteiger partial charge >= 0.3 is 0 Å². The highest BCUT2D eigenvalue weighted by atomic mass is 35.5. The molecule has 6 nitrogen and oxygen atoms in total. The predicted molar refractivity (Wildman–Crippen MR) is 97.9 cm³/mol. The van der Waals surface area contributed by atoms with Gasteiger partial charge in [0.2, 0.25) is 0 Å². The van der Waals surface area contributed by atoms with Gasteiger partial charge < -0.3 is 10.6 Å². The van der Waals surface area contributed by atoms with Crippen molar-refractivity contribution in [3.8, 4) is 0 Å². The smallest absolute Gasteiger partial charge is 0.293 e. The van der Waals surface area contributed by atoms with Crippen molar-refractivity contribution in [1.82, 2.24) is 0 Å². The molecular weight excluding hydrogens is 342 g/mol. The third-order valence-corrected chi connectivity index (χ3v) is 4.39. The fourth-order valence-corrected chi connectivity index (χ4v) is 2.57. The van der Waals surface area contributed by atoms with Crippen LogP contribution in [0, 0.1) is 24.0 Å². The number of anilines is 1. The summed E-state index contributed by atoms with van der Waals surface area (Å²) in [6.07, 6.45) is 0. The number of nitro groups is 1. The van der Waals surface area contributed by atoms with E-state index in [0.717, 1.165) is 16.7 Å². The average Bonchev–Trinajstić information content (AvgIpc) is 2.56. The maximum absolute atomic E-state index is 12.2. The Kier molecular flexibility index (Phi) is 6.12. The number of rotatable bonds is 6. The minimum Gasteiger partial charge on any atom is -0.333 e. The zero-order chi connectivity index (χ0) is 18.6. The second kappa shape index (κ2) is 8.09. The summed E-state index contributed by atoms with van der Waals surface area (Å²) in [5.74, 6) is -0.285. The van der Waals surface area contributed by atoms with Gasteiger partial charge in [-0.15, -0.1) is 0 Å². The first-order valence-electron chi connectivity index (χ1n) is 7.92. The van der Waals surface area contributed by atoms with Crippen LogP contribution in [0.25, 0.3) is 0 Å². The molecule has 0 heterocycles. The molecule has 2 aromatic carbocycles. The third kappa shape index (κ3) is 5.01. The van der Waals surface area contributed by atoms with Crippen molar-refractivity contribution in [1.29, 1.82) is 0 Å². The molecule has 0 aliphatic rings. The molecule has 1 atom stereocenters. The number of carbonyl (C=O) groups excluding carboxylic acids is 1. The van der Waals surface area contributed by atoms with Gasteiger partial charge in [0.05, 0.1) is 4.92 Å². The summed E-state index contributed by atoms with van der Waals surface area (Å²) in [4.78, 5) is 22.9. The van der Waals surface area contributed by atoms with E-state index in [1.54, 1.807) is 25.1 Å². The lowest BCUT2D eigenvalue weighted by Gasteiger charge is -2.12. The molecule has 0 aliphatic carbocycles. The van der Waals surface area contributed by atoms with Gasteiger partial charge in [0.25, 0.3) is 11.6 Å². The maximum Gasteiger partial charge on any atom is 0.293 e. The van der Waals surface area contributed by atoms with E-state index in [9.17, 15) is 14.9 Å². The first-order valence-corrected chi connectivity index (χ1v) is 8.30. The van der Waals surface area contributed by atoms with Crippen LogP contribution in [0.1, 0.15) is 29.7 Å². The lowest BCUT2D eigenvalue weighted by atomic mass is 10.1. The SMILES string of the molecule is Cc1cc(NC(=O)C[NH2+][C@H](C)c2ccc(Cl)cc2)c([N+](=O)[O-])cc1C. The monoisotopic (exact) mass is 362 g/mol. The first kappa shape index (κ1) is 18.9. The number of hydrogen-bond acceptors (Lipinski definition) is 3. The van der Waals surface area contributed by atoms with Crippen LogP contribution in [0.2, 0.25) is 5.02 Å². The molecule has 0 bridgehead atoms. The first-order chi connectivity index (χ1) is 11.8. The van der Waals surface area contributed by atoms with Crippen LogP contribution in [0.15, 0.2) is 36.4 Å². The highest BCUT2D eigenvalue weighted by molar-refractivity contribution is 6.30. The van der Waals surface area contributed by atoms with Gasteiger partial charge in [-0.05, 0) is 50.1 Å². The summed E-state index contributed by atoms with van der Waals surface area (Å²) in [6.45, 7) is 5.79. The van der Waals surface area contributed by atoms with Crippen molar-refractivity contribution >= 4 is 28.9 Å². The Morgan fingerprint density at radius 2 is 1.84 bits per heavy atom. The van der Waals surface area contributed by atoms with E-state index in [1.165, 1.54) is 6.07 Å². The molecular formula is C18H21ClN3O3+. The molecule has 0 radical (unpaired) electrons. The topological polar surface area (TPSA) is 88.8 Å². The number of benzene rings is 2. The number of nitrogens with two attached hydrogens (primary N) is 1. The molecule has 2 rings (SSSR count). The molecule has 3 N–H and O–H groups in total. The van der Waals surface area contributed by atoms with Crippen LogP contribution in [0.4, 0.5) is 11.4 Å². The third-order valence-electron chi connectivity index (χ3n) is 4.14. The van der Waals surface area contributed by atoms with Gasteiger partial charge in [0, 0.05) is 16.7 Å². The summed E-state index contributed by atoms with van der Waals surface area (Å²) in [7, 11) is 0. The summed E-state index contributed by atoms with van der Waals surface area (Å²) in [5.41, 5.74) is 2.88. The zero-order valence-electron chi connectivity index (χ0n) is 14.4. The van der Waals surface area contributed by atoms with E-state index in [4.69, 9.17) is 11.6 Å². The molecule has 25 heavy (non-hydrogen) atoms. The number of nitro benzene ring substituents is 1. The molecule has 1 amide bonds. The number of nitrogens with one attached hydrogen (secondary N) is 1. The van der Waals surface area contributed by atoms with E-state index in [0.29, 0.717) is 5.02 Å². The Hall–Kier alpha value is -2.44. The minimum absolute atomic E-state index is 0.0674. The fraction of sp³-hybridized carbons (Fsp3) is 0.278. The summed E-state index contributed by atoms with van der Waals surface area (Å²) in [5, 5.41) is 16.4. The van der Waals surface area contributed by atoms with Gasteiger partial charge in [-0.2, -0.15) is 0 Å². The van der Waals surface area contributed by atoms with E-state index in [1.807, 2.05) is 31.3 Å². The van der Waals surface area contributed by atoms with Gasteiger partial charge in [0.1, 0.15) is 11.7 Å². The van der Waals surface area contributed by atoms with E-state index in [-0.39, 0.29) is 29.9 Å². The summed E-state index contributed by atoms with van der Waals surface area (Å²) >= 11 is 5.87. The number of quaternary nitrogens is 1. The lowest BCUT2D eigenvalue weighted by Crippen LogP contribution is -2.86. The van der Waals surface area contributed by atoms with Crippen molar-refractivity contribution in [2.75, 3.05) is 11.9 Å². The largest absolute Gasteiger partial charge is 0.333 e. The van der Waals surface area contributed by atoms with Crippen molar-refractivity contribution in [2.45, 2.75) is 26.8 Å². The molecule has 0 spiro atoms. The quantitative estimate of drug-likeness (QED) is 0.611. The average molecular weight is 363 g/mol. The molecule has 0 unspecified atom stereocenters. The van der Waals surface area contributed by atoms with Crippen LogP contribution in [0.5, 0.6) is 0 Å². The maximum atomic E-state index is 12.2. The molecule has 0 saturated carbocycles. The molecule has 132 valence electrons. The van der Waals surface area contributed by atoms with Gasteiger partial charge in [-0.25, -0.2) is 0 Å². The van der Waals surface area contributed by atoms with E-state index in [2.05, 4.69) is 5.32 Å². The van der Waals surface area contributed by atoms with Crippen molar-refractivity contribution in [3.05, 3.63) is 68.2 Å². The highest BCUT2D eigenvalue weighted by Gasteiger charge is 2.19. The van der Waals surface area contributed by atoms with Crippen molar-refractivity contribution in [2.24, 2.45) is 0 Å². The normalized spacial score (nSPS) is 11.8. The number of nitrogens with zero attached hydrogens (tertiary/aromatic N) is 1. The minimum atomic E-state index is -0.484. The van der Waals surface area contributed by atoms with Crippen molar-refractivity contribution < 1.29 is 15.0 Å². The number of amides is 1. The standard InChI is InChI=1S/C18H20ClN3O3/c1-11-8-16(17(22(24)25)9-12(11)2)21-18(23)10-20-13(3)14-4-6-15(19)7-5-14/h4-9,13,20H,10H2,1-3H3,(H,21,23)/p+1/t13-/m1/s1. The fourth-order valence-electron chi connectivity index (χ4n) is 2.44. The molecule has 2 aromatic rings.